The number of pyridine rings is 1. The molecule has 1 aliphatic carbocycles. The van der Waals surface area contributed by atoms with Gasteiger partial charge in [-0.2, -0.15) is 9.97 Å². The molecule has 2 atom stereocenters. The van der Waals surface area contributed by atoms with E-state index in [0.29, 0.717) is 24.5 Å². The SMILES string of the molecule is CC1CC2(CCCN2)CN1c1nc(OCC23CCCN2CCC3)nc2c(F)c(-c3ccc(F)c4sc(N)nc34)n(C3CC3)c(=O)c12. The van der Waals surface area contributed by atoms with Gasteiger partial charge in [-0.05, 0) is 96.5 Å². The lowest BCUT2D eigenvalue weighted by Crippen LogP contribution is -2.44. The van der Waals surface area contributed by atoms with Crippen LogP contribution in [0.3, 0.4) is 0 Å². The van der Waals surface area contributed by atoms with Gasteiger partial charge in [-0.1, -0.05) is 11.3 Å². The Balaban J connectivity index is 1.26. The number of fused-ring (bicyclic) bond motifs is 3. The first-order chi connectivity index (χ1) is 22.3. The fourth-order valence-corrected chi connectivity index (χ4v) is 9.72. The summed E-state index contributed by atoms with van der Waals surface area (Å²) in [7, 11) is 0. The third kappa shape index (κ3) is 4.30. The van der Waals surface area contributed by atoms with Crippen molar-refractivity contribution in [1.29, 1.82) is 0 Å². The van der Waals surface area contributed by atoms with Crippen molar-refractivity contribution < 1.29 is 13.5 Å². The highest BCUT2D eigenvalue weighted by atomic mass is 32.1. The molecule has 4 saturated heterocycles. The van der Waals surface area contributed by atoms with Crippen LogP contribution in [0.1, 0.15) is 70.8 Å². The van der Waals surface area contributed by atoms with Crippen molar-refractivity contribution in [1.82, 2.24) is 29.7 Å². The molecule has 5 fully saturated rings. The third-order valence-electron chi connectivity index (χ3n) is 11.2. The van der Waals surface area contributed by atoms with E-state index in [-0.39, 0.29) is 66.7 Å². The standard InChI is InChI=1S/C33H38F2N8O2S/c1-18-15-32(9-2-12-37-32)16-42(18)28-22-25(39-31(40-28)45-17-33-10-3-13-41(33)14-4-11-33)23(35)26(43(29(22)44)19-5-6-19)20-7-8-21(34)27-24(20)38-30(36)46-27/h7-8,18-19,37H,2-6,9-17H2,1H3,(H2,36,38). The van der Waals surface area contributed by atoms with E-state index in [2.05, 4.69) is 32.0 Å². The van der Waals surface area contributed by atoms with Crippen LogP contribution >= 0.6 is 11.3 Å². The Kier molecular flexibility index (Phi) is 6.44. The maximum atomic E-state index is 17.3. The lowest BCUT2D eigenvalue weighted by molar-refractivity contribution is 0.108. The Hall–Kier alpha value is -3.42. The molecule has 3 aromatic heterocycles. The molecule has 0 bridgehead atoms. The highest BCUT2D eigenvalue weighted by Crippen LogP contribution is 2.45. The highest BCUT2D eigenvalue weighted by molar-refractivity contribution is 7.22. The van der Waals surface area contributed by atoms with Crippen LogP contribution in [-0.2, 0) is 0 Å². The molecule has 1 saturated carbocycles. The Labute approximate surface area is 269 Å². The molecule has 2 unspecified atom stereocenters. The van der Waals surface area contributed by atoms with Gasteiger partial charge in [0, 0.05) is 29.7 Å². The van der Waals surface area contributed by atoms with Gasteiger partial charge in [-0.15, -0.1) is 0 Å². The molecule has 7 heterocycles. The van der Waals surface area contributed by atoms with Crippen molar-refractivity contribution in [2.24, 2.45) is 0 Å². The first-order valence-electron chi connectivity index (χ1n) is 16.7. The predicted octanol–water partition coefficient (Wildman–Crippen LogP) is 4.99. The quantitative estimate of drug-likeness (QED) is 0.299. The average Bonchev–Trinajstić information content (AvgIpc) is 3.40. The minimum atomic E-state index is -0.656. The van der Waals surface area contributed by atoms with Crippen LogP contribution in [0, 0.1) is 11.6 Å². The molecule has 0 amide bonds. The molecule has 9 rings (SSSR count). The van der Waals surface area contributed by atoms with Crippen molar-refractivity contribution in [3.05, 3.63) is 34.1 Å². The Morgan fingerprint density at radius 3 is 2.63 bits per heavy atom. The number of anilines is 2. The molecular weight excluding hydrogens is 610 g/mol. The maximum Gasteiger partial charge on any atom is 0.319 e. The van der Waals surface area contributed by atoms with Gasteiger partial charge < -0.3 is 25.3 Å². The highest BCUT2D eigenvalue weighted by Gasteiger charge is 2.47. The largest absolute Gasteiger partial charge is 0.461 e. The molecule has 1 aromatic carbocycles. The molecule has 13 heteroatoms. The van der Waals surface area contributed by atoms with Crippen LogP contribution in [0.25, 0.3) is 32.4 Å². The number of nitrogens with one attached hydrogen (secondary N) is 1. The third-order valence-corrected chi connectivity index (χ3v) is 12.1. The fraction of sp³-hybridized carbons (Fsp3) is 0.576. The van der Waals surface area contributed by atoms with Gasteiger partial charge in [0.05, 0.1) is 21.4 Å². The number of nitrogen functional groups attached to an aromatic ring is 1. The van der Waals surface area contributed by atoms with Crippen LogP contribution in [-0.4, -0.2) is 74.3 Å². The zero-order chi connectivity index (χ0) is 31.4. The number of aromatic nitrogens is 4. The maximum absolute atomic E-state index is 17.3. The molecule has 1 spiro atoms. The van der Waals surface area contributed by atoms with E-state index in [4.69, 9.17) is 15.5 Å². The smallest absolute Gasteiger partial charge is 0.319 e. The van der Waals surface area contributed by atoms with Crippen molar-refractivity contribution >= 4 is 43.4 Å². The van der Waals surface area contributed by atoms with E-state index in [1.165, 1.54) is 16.7 Å². The molecule has 10 nitrogen and oxygen atoms in total. The predicted molar refractivity (Wildman–Crippen MR) is 175 cm³/mol. The van der Waals surface area contributed by atoms with E-state index >= 15 is 4.39 Å². The van der Waals surface area contributed by atoms with E-state index in [9.17, 15) is 9.18 Å². The topological polar surface area (TPSA) is 114 Å². The van der Waals surface area contributed by atoms with Crippen molar-refractivity contribution in [2.75, 3.05) is 43.4 Å². The average molecular weight is 649 g/mol. The normalized spacial score (nSPS) is 25.9. The molecule has 46 heavy (non-hydrogen) atoms. The van der Waals surface area contributed by atoms with Gasteiger partial charge in [-0.25, -0.2) is 13.8 Å². The minimum Gasteiger partial charge on any atom is -0.461 e. The summed E-state index contributed by atoms with van der Waals surface area (Å²) in [5, 5.41) is 4.05. The zero-order valence-corrected chi connectivity index (χ0v) is 26.8. The van der Waals surface area contributed by atoms with E-state index in [1.807, 2.05) is 0 Å². The molecule has 242 valence electrons. The van der Waals surface area contributed by atoms with Gasteiger partial charge in [0.15, 0.2) is 10.9 Å². The number of thiazole rings is 1. The Morgan fingerprint density at radius 2 is 1.89 bits per heavy atom. The monoisotopic (exact) mass is 648 g/mol. The number of rotatable bonds is 6. The van der Waals surface area contributed by atoms with Gasteiger partial charge in [0.2, 0.25) is 0 Å². The molecule has 0 radical (unpaired) electrons. The second kappa shape index (κ2) is 10.3. The summed E-state index contributed by atoms with van der Waals surface area (Å²) in [6, 6.07) is 2.75. The van der Waals surface area contributed by atoms with Crippen molar-refractivity contribution in [3.8, 4) is 17.3 Å². The van der Waals surface area contributed by atoms with Gasteiger partial charge in [0.25, 0.3) is 5.56 Å². The lowest BCUT2D eigenvalue weighted by Gasteiger charge is -2.31. The molecule has 3 N–H and O–H groups in total. The second-order valence-corrected chi connectivity index (χ2v) is 15.2. The molecule has 5 aliphatic rings. The van der Waals surface area contributed by atoms with Crippen LogP contribution in [0.4, 0.5) is 19.7 Å². The van der Waals surface area contributed by atoms with Crippen LogP contribution in [0.2, 0.25) is 0 Å². The van der Waals surface area contributed by atoms with Crippen LogP contribution in [0.15, 0.2) is 16.9 Å². The van der Waals surface area contributed by atoms with Crippen LogP contribution in [0.5, 0.6) is 6.01 Å². The molecule has 4 aliphatic heterocycles. The summed E-state index contributed by atoms with van der Waals surface area (Å²) >= 11 is 1.01. The first kappa shape index (κ1) is 28.8. The van der Waals surface area contributed by atoms with Gasteiger partial charge in [0.1, 0.15) is 29.1 Å². The number of nitrogens with zero attached hydrogens (tertiary/aromatic N) is 6. The first-order valence-corrected chi connectivity index (χ1v) is 17.5. The van der Waals surface area contributed by atoms with Gasteiger partial charge in [-0.3, -0.25) is 9.69 Å². The number of halogens is 2. The Bertz CT molecular complexity index is 1940. The summed E-state index contributed by atoms with van der Waals surface area (Å²) in [5.41, 5.74) is 6.08. The van der Waals surface area contributed by atoms with Crippen LogP contribution < -0.4 is 26.2 Å². The van der Waals surface area contributed by atoms with Gasteiger partial charge >= 0.3 is 6.01 Å². The summed E-state index contributed by atoms with van der Waals surface area (Å²) < 4.78 is 40.3. The summed E-state index contributed by atoms with van der Waals surface area (Å²) in [6.07, 6.45) is 8.87. The number of nitrogens with two attached hydrogens (primary N) is 1. The van der Waals surface area contributed by atoms with E-state index < -0.39 is 11.6 Å². The minimum absolute atomic E-state index is 0.0550. The van der Waals surface area contributed by atoms with Crippen molar-refractivity contribution in [3.63, 3.8) is 0 Å². The number of ether oxygens (including phenoxy) is 1. The number of hydrogen-bond acceptors (Lipinski definition) is 10. The summed E-state index contributed by atoms with van der Waals surface area (Å²) in [6.45, 7) is 6.30. The Morgan fingerprint density at radius 1 is 1.09 bits per heavy atom. The number of benzene rings is 1. The number of hydrogen-bond donors (Lipinski definition) is 2. The summed E-state index contributed by atoms with van der Waals surface area (Å²) in [4.78, 5) is 33.3. The van der Waals surface area contributed by atoms with Crippen molar-refractivity contribution in [2.45, 2.75) is 87.9 Å². The zero-order valence-electron chi connectivity index (χ0n) is 26.0. The lowest BCUT2D eigenvalue weighted by atomic mass is 9.95. The molecular formula is C33H38F2N8O2S. The van der Waals surface area contributed by atoms with E-state index in [0.717, 1.165) is 88.8 Å². The fourth-order valence-electron chi connectivity index (χ4n) is 8.95. The van der Waals surface area contributed by atoms with E-state index in [1.54, 1.807) is 0 Å². The summed E-state index contributed by atoms with van der Waals surface area (Å²) in [5.74, 6) is -0.715. The molecule has 4 aromatic rings. The second-order valence-electron chi connectivity index (χ2n) is 14.1.